The number of hydrogen-bond acceptors (Lipinski definition) is 1. The topological polar surface area (TPSA) is 26.0 Å². The van der Waals surface area contributed by atoms with Crippen LogP contribution in [-0.2, 0) is 17.3 Å². The smallest absolute Gasteiger partial charge is 0.0192 e. The molecular formula is C36H53N. The molecule has 0 radical (unpaired) electrons. The predicted octanol–water partition coefficient (Wildman–Crippen LogP) is 9.94. The molecule has 1 aliphatic carbocycles. The van der Waals surface area contributed by atoms with Crippen LogP contribution in [0.3, 0.4) is 0 Å². The van der Waals surface area contributed by atoms with Crippen LogP contribution in [0, 0.1) is 12.8 Å². The first-order valence-electron chi connectivity index (χ1n) is 14.7. The number of benzene rings is 2. The van der Waals surface area contributed by atoms with Gasteiger partial charge in [-0.15, -0.1) is 0 Å². The van der Waals surface area contributed by atoms with Crippen molar-refractivity contribution < 1.29 is 0 Å². The maximum absolute atomic E-state index is 6.94. The fraction of sp³-hybridized carbons (Fsp3) is 0.556. The highest BCUT2D eigenvalue weighted by Crippen LogP contribution is 2.56. The summed E-state index contributed by atoms with van der Waals surface area (Å²) in [4.78, 5) is 0. The molecule has 2 aromatic carbocycles. The van der Waals surface area contributed by atoms with E-state index in [1.807, 2.05) is 6.08 Å². The highest BCUT2D eigenvalue weighted by molar-refractivity contribution is 5.78. The lowest BCUT2D eigenvalue weighted by molar-refractivity contribution is 0.267. The molecule has 4 atom stereocenters. The van der Waals surface area contributed by atoms with Crippen molar-refractivity contribution in [1.29, 1.82) is 0 Å². The molecule has 3 rings (SSSR count). The Morgan fingerprint density at radius 3 is 2.35 bits per heavy atom. The minimum absolute atomic E-state index is 0.0860. The summed E-state index contributed by atoms with van der Waals surface area (Å²) < 4.78 is 0. The zero-order valence-electron chi connectivity index (χ0n) is 25.3. The van der Waals surface area contributed by atoms with Crippen LogP contribution in [0.4, 0.5) is 0 Å². The van der Waals surface area contributed by atoms with Crippen molar-refractivity contribution in [3.8, 4) is 11.1 Å². The second-order valence-electron chi connectivity index (χ2n) is 12.8. The molecule has 0 fully saturated rings. The van der Waals surface area contributed by atoms with Crippen LogP contribution in [0.1, 0.15) is 121 Å². The van der Waals surface area contributed by atoms with E-state index in [0.717, 1.165) is 25.2 Å². The number of aryl methyl sites for hydroxylation is 1. The fourth-order valence-corrected chi connectivity index (χ4v) is 6.61. The third kappa shape index (κ3) is 5.40. The number of nitrogens with two attached hydrogens (primary N) is 1. The Hall–Kier alpha value is -2.12. The van der Waals surface area contributed by atoms with Crippen LogP contribution in [0.25, 0.3) is 11.1 Å². The summed E-state index contributed by atoms with van der Waals surface area (Å²) in [6.45, 7) is 24.9. The van der Waals surface area contributed by atoms with E-state index in [0.29, 0.717) is 5.92 Å². The molecule has 202 valence electrons. The van der Waals surface area contributed by atoms with E-state index in [-0.39, 0.29) is 16.4 Å². The monoisotopic (exact) mass is 499 g/mol. The van der Waals surface area contributed by atoms with Crippen LogP contribution in [0.5, 0.6) is 0 Å². The molecule has 0 aliphatic heterocycles. The van der Waals surface area contributed by atoms with Crippen molar-refractivity contribution >= 4 is 0 Å². The maximum Gasteiger partial charge on any atom is 0.0192 e. The van der Waals surface area contributed by atoms with E-state index in [9.17, 15) is 0 Å². The molecule has 0 aromatic heterocycles. The lowest BCUT2D eigenvalue weighted by atomic mass is 9.57. The van der Waals surface area contributed by atoms with E-state index in [1.165, 1.54) is 52.6 Å². The van der Waals surface area contributed by atoms with E-state index in [2.05, 4.69) is 111 Å². The summed E-state index contributed by atoms with van der Waals surface area (Å²) in [5, 5.41) is 0. The first-order valence-corrected chi connectivity index (χ1v) is 14.7. The highest BCUT2D eigenvalue weighted by Gasteiger charge is 2.45. The van der Waals surface area contributed by atoms with Crippen molar-refractivity contribution in [3.05, 3.63) is 83.0 Å². The van der Waals surface area contributed by atoms with E-state index in [4.69, 9.17) is 5.73 Å². The van der Waals surface area contributed by atoms with Gasteiger partial charge >= 0.3 is 0 Å². The summed E-state index contributed by atoms with van der Waals surface area (Å²) in [6, 6.07) is 12.3. The van der Waals surface area contributed by atoms with Crippen molar-refractivity contribution in [3.63, 3.8) is 0 Å². The van der Waals surface area contributed by atoms with Crippen molar-refractivity contribution in [2.45, 2.75) is 123 Å². The Kier molecular flexibility index (Phi) is 9.01. The summed E-state index contributed by atoms with van der Waals surface area (Å²) in [5.74, 6) is 1.28. The SMILES string of the molecule is C=C/C=C\Cc1cc2c(cc1C(C)(CC)C(C)(C)N)C(C)(CC)C(CCC(C)CC)c1ccc(C)cc1-2. The van der Waals surface area contributed by atoms with Gasteiger partial charge in [-0.3, -0.25) is 0 Å². The van der Waals surface area contributed by atoms with Gasteiger partial charge in [0.25, 0.3) is 0 Å². The van der Waals surface area contributed by atoms with Gasteiger partial charge in [0.15, 0.2) is 0 Å². The molecule has 0 spiro atoms. The predicted molar refractivity (Wildman–Crippen MR) is 165 cm³/mol. The number of allylic oxidation sites excluding steroid dienone is 3. The Labute approximate surface area is 228 Å². The molecule has 4 unspecified atom stereocenters. The average molecular weight is 500 g/mol. The third-order valence-electron chi connectivity index (χ3n) is 10.2. The first-order chi connectivity index (χ1) is 17.4. The van der Waals surface area contributed by atoms with Crippen molar-refractivity contribution in [2.75, 3.05) is 0 Å². The second kappa shape index (κ2) is 11.3. The zero-order chi connectivity index (χ0) is 27.6. The molecule has 1 aliphatic rings. The highest BCUT2D eigenvalue weighted by atomic mass is 14.8. The van der Waals surface area contributed by atoms with Crippen LogP contribution in [0.2, 0.25) is 0 Å². The van der Waals surface area contributed by atoms with E-state index in [1.54, 1.807) is 5.56 Å². The van der Waals surface area contributed by atoms with E-state index >= 15 is 0 Å². The molecule has 2 aromatic rings. The Balaban J connectivity index is 2.38. The molecule has 0 saturated carbocycles. The standard InChI is InChI=1S/C36H53N/c1-11-15-16-17-27-23-30-29-22-26(6)18-20-28(29)31(21-19-25(5)12-2)35(9,13-3)33(30)24-32(27)36(10,14-4)34(7,8)37/h11,15-16,18,20,22-25,31H,1,12-14,17,19,21,37H2,2-10H3/b16-15-. The first kappa shape index (κ1) is 29.4. The Morgan fingerprint density at radius 1 is 1.08 bits per heavy atom. The van der Waals surface area contributed by atoms with Gasteiger partial charge in [0, 0.05) is 11.0 Å². The summed E-state index contributed by atoms with van der Waals surface area (Å²) in [5.41, 5.74) is 16.7. The Bertz CT molecular complexity index is 1130. The molecule has 0 saturated heterocycles. The normalized spacial score (nSPS) is 21.8. The minimum atomic E-state index is -0.339. The lowest BCUT2D eigenvalue weighted by Gasteiger charge is -2.48. The maximum atomic E-state index is 6.94. The zero-order valence-corrected chi connectivity index (χ0v) is 25.3. The molecule has 37 heavy (non-hydrogen) atoms. The number of rotatable bonds is 11. The van der Waals surface area contributed by atoms with Gasteiger partial charge in [-0.2, -0.15) is 0 Å². The largest absolute Gasteiger partial charge is 0.325 e. The molecule has 1 heteroatoms. The molecule has 1 nitrogen and oxygen atoms in total. The van der Waals surface area contributed by atoms with Crippen molar-refractivity contribution in [2.24, 2.45) is 11.7 Å². The van der Waals surface area contributed by atoms with Crippen LogP contribution < -0.4 is 5.73 Å². The second-order valence-corrected chi connectivity index (χ2v) is 12.8. The molecule has 2 N–H and O–H groups in total. The Morgan fingerprint density at radius 2 is 1.78 bits per heavy atom. The molecular weight excluding hydrogens is 446 g/mol. The van der Waals surface area contributed by atoms with Crippen LogP contribution in [-0.4, -0.2) is 5.54 Å². The molecule has 0 bridgehead atoms. The molecule has 0 heterocycles. The quantitative estimate of drug-likeness (QED) is 0.306. The number of fused-ring (bicyclic) bond motifs is 3. The van der Waals surface area contributed by atoms with Crippen LogP contribution in [0.15, 0.2) is 55.1 Å². The lowest BCUT2D eigenvalue weighted by Crippen LogP contribution is -2.52. The van der Waals surface area contributed by atoms with Gasteiger partial charge in [-0.05, 0) is 97.1 Å². The summed E-state index contributed by atoms with van der Waals surface area (Å²) >= 11 is 0. The van der Waals surface area contributed by atoms with Crippen molar-refractivity contribution in [1.82, 2.24) is 0 Å². The van der Waals surface area contributed by atoms with Crippen LogP contribution >= 0.6 is 0 Å². The van der Waals surface area contributed by atoms with Gasteiger partial charge in [0.2, 0.25) is 0 Å². The number of hydrogen-bond donors (Lipinski definition) is 1. The average Bonchev–Trinajstić information content (AvgIpc) is 2.87. The summed E-state index contributed by atoms with van der Waals surface area (Å²) in [6.07, 6.45) is 13.0. The van der Waals surface area contributed by atoms with Gasteiger partial charge < -0.3 is 5.73 Å². The third-order valence-corrected chi connectivity index (χ3v) is 10.2. The van der Waals surface area contributed by atoms with Gasteiger partial charge in [0.1, 0.15) is 0 Å². The van der Waals surface area contributed by atoms with Gasteiger partial charge in [-0.1, -0.05) is 115 Å². The minimum Gasteiger partial charge on any atom is -0.325 e. The van der Waals surface area contributed by atoms with Gasteiger partial charge in [-0.25, -0.2) is 0 Å². The fourth-order valence-electron chi connectivity index (χ4n) is 6.61. The molecule has 0 amide bonds. The summed E-state index contributed by atoms with van der Waals surface area (Å²) in [7, 11) is 0. The van der Waals surface area contributed by atoms with E-state index < -0.39 is 0 Å². The van der Waals surface area contributed by atoms with Gasteiger partial charge in [0.05, 0.1) is 0 Å².